The Balaban J connectivity index is 1.89. The fraction of sp³-hybridized carbons (Fsp3) is 0.529. The van der Waals surface area contributed by atoms with Gasteiger partial charge in [0.2, 0.25) is 0 Å². The van der Waals surface area contributed by atoms with Gasteiger partial charge < -0.3 is 4.74 Å². The third-order valence-corrected chi connectivity index (χ3v) is 4.85. The van der Waals surface area contributed by atoms with Gasteiger partial charge in [0.25, 0.3) is 0 Å². The Bertz CT molecular complexity index is 562. The zero-order valence-corrected chi connectivity index (χ0v) is 14.4. The van der Waals surface area contributed by atoms with Crippen LogP contribution in [0.5, 0.6) is 5.75 Å². The number of alkyl halides is 1. The molecule has 1 heterocycles. The SMILES string of the molecule is CC1(C)CC(Cc2cc(Br)cc3c2OCC3)=CC(Cl)C1. The van der Waals surface area contributed by atoms with Crippen molar-refractivity contribution in [2.75, 3.05) is 6.61 Å². The largest absolute Gasteiger partial charge is 0.493 e. The zero-order valence-electron chi connectivity index (χ0n) is 12.0. The molecule has 1 aliphatic carbocycles. The molecule has 0 aromatic heterocycles. The topological polar surface area (TPSA) is 9.23 Å². The van der Waals surface area contributed by atoms with Crippen molar-refractivity contribution in [1.82, 2.24) is 0 Å². The fourth-order valence-electron chi connectivity index (χ4n) is 3.43. The maximum absolute atomic E-state index is 6.39. The van der Waals surface area contributed by atoms with Crippen LogP contribution in [-0.4, -0.2) is 12.0 Å². The Morgan fingerprint density at radius 3 is 2.95 bits per heavy atom. The first-order chi connectivity index (χ1) is 9.43. The Hall–Kier alpha value is -0.470. The second-order valence-electron chi connectivity index (χ2n) is 6.71. The van der Waals surface area contributed by atoms with E-state index in [2.05, 4.69) is 48.0 Å². The molecule has 3 rings (SSSR count). The van der Waals surface area contributed by atoms with Gasteiger partial charge in [-0.05, 0) is 47.9 Å². The minimum Gasteiger partial charge on any atom is -0.493 e. The maximum Gasteiger partial charge on any atom is 0.126 e. The first kappa shape index (κ1) is 14.5. The number of benzene rings is 1. The third kappa shape index (κ3) is 3.07. The molecule has 3 heteroatoms. The molecule has 0 saturated carbocycles. The van der Waals surface area contributed by atoms with Gasteiger partial charge in [0.05, 0.1) is 12.0 Å². The summed E-state index contributed by atoms with van der Waals surface area (Å²) in [5.41, 5.74) is 4.36. The molecule has 1 atom stereocenters. The molecule has 1 aliphatic heterocycles. The van der Waals surface area contributed by atoms with Crippen LogP contribution in [0, 0.1) is 5.41 Å². The molecule has 0 saturated heterocycles. The van der Waals surface area contributed by atoms with Gasteiger partial charge in [-0.2, -0.15) is 0 Å². The van der Waals surface area contributed by atoms with Gasteiger partial charge in [0, 0.05) is 10.9 Å². The zero-order chi connectivity index (χ0) is 14.3. The molecule has 0 fully saturated rings. The molecule has 1 aromatic rings. The molecule has 2 aliphatic rings. The van der Waals surface area contributed by atoms with Crippen LogP contribution in [0.3, 0.4) is 0 Å². The van der Waals surface area contributed by atoms with E-state index in [-0.39, 0.29) is 5.38 Å². The van der Waals surface area contributed by atoms with Crippen LogP contribution in [0.25, 0.3) is 0 Å². The van der Waals surface area contributed by atoms with Crippen LogP contribution in [0.4, 0.5) is 0 Å². The van der Waals surface area contributed by atoms with Gasteiger partial charge in [-0.1, -0.05) is 41.4 Å². The number of rotatable bonds is 2. The van der Waals surface area contributed by atoms with Crippen molar-refractivity contribution in [3.8, 4) is 5.75 Å². The predicted molar refractivity (Wildman–Crippen MR) is 87.8 cm³/mol. The fourth-order valence-corrected chi connectivity index (χ4v) is 4.58. The van der Waals surface area contributed by atoms with E-state index in [9.17, 15) is 0 Å². The second-order valence-corrected chi connectivity index (χ2v) is 8.19. The van der Waals surface area contributed by atoms with E-state index in [0.29, 0.717) is 5.41 Å². The van der Waals surface area contributed by atoms with Crippen molar-refractivity contribution in [3.05, 3.63) is 39.4 Å². The normalized spacial score (nSPS) is 24.0. The van der Waals surface area contributed by atoms with Gasteiger partial charge >= 0.3 is 0 Å². The lowest BCUT2D eigenvalue weighted by atomic mass is 9.76. The first-order valence-electron chi connectivity index (χ1n) is 7.21. The molecule has 1 aromatic carbocycles. The van der Waals surface area contributed by atoms with E-state index < -0.39 is 0 Å². The molecule has 1 unspecified atom stereocenters. The highest BCUT2D eigenvalue weighted by molar-refractivity contribution is 9.10. The maximum atomic E-state index is 6.39. The standard InChI is InChI=1S/C17H20BrClO/c1-17(2)9-11(6-15(19)10-17)5-13-8-14(18)7-12-3-4-20-16(12)13/h6-8,15H,3-5,9-10H2,1-2H3. The van der Waals surface area contributed by atoms with E-state index >= 15 is 0 Å². The Morgan fingerprint density at radius 2 is 2.20 bits per heavy atom. The highest BCUT2D eigenvalue weighted by Gasteiger charge is 2.28. The predicted octanol–water partition coefficient (Wildman–Crippen LogP) is 5.28. The Labute approximate surface area is 134 Å². The van der Waals surface area contributed by atoms with Gasteiger partial charge in [-0.3, -0.25) is 0 Å². The lowest BCUT2D eigenvalue weighted by molar-refractivity contribution is 0.319. The molecular formula is C17H20BrClO. The van der Waals surface area contributed by atoms with Gasteiger partial charge in [-0.15, -0.1) is 11.6 Å². The van der Waals surface area contributed by atoms with Crippen molar-refractivity contribution >= 4 is 27.5 Å². The average molecular weight is 356 g/mol. The number of fused-ring (bicyclic) bond motifs is 1. The van der Waals surface area contributed by atoms with Gasteiger partial charge in [0.15, 0.2) is 0 Å². The smallest absolute Gasteiger partial charge is 0.126 e. The second kappa shape index (κ2) is 5.38. The third-order valence-electron chi connectivity index (χ3n) is 4.11. The van der Waals surface area contributed by atoms with Crippen molar-refractivity contribution in [1.29, 1.82) is 0 Å². The number of hydrogen-bond acceptors (Lipinski definition) is 1. The quantitative estimate of drug-likeness (QED) is 0.518. The van der Waals surface area contributed by atoms with Gasteiger partial charge in [-0.25, -0.2) is 0 Å². The van der Waals surface area contributed by atoms with Crippen LogP contribution in [0.1, 0.15) is 37.8 Å². The summed E-state index contributed by atoms with van der Waals surface area (Å²) in [6, 6.07) is 4.37. The van der Waals surface area contributed by atoms with E-state index in [4.69, 9.17) is 16.3 Å². The van der Waals surface area contributed by atoms with E-state index in [1.807, 2.05) is 0 Å². The van der Waals surface area contributed by atoms with Crippen LogP contribution in [0.15, 0.2) is 28.3 Å². The summed E-state index contributed by atoms with van der Waals surface area (Å²) in [6.07, 6.45) is 6.40. The van der Waals surface area contributed by atoms with Crippen LogP contribution in [-0.2, 0) is 12.8 Å². The molecule has 108 valence electrons. The molecule has 0 N–H and O–H groups in total. The van der Waals surface area contributed by atoms with Crippen molar-refractivity contribution in [3.63, 3.8) is 0 Å². The monoisotopic (exact) mass is 354 g/mol. The summed E-state index contributed by atoms with van der Waals surface area (Å²) in [5, 5.41) is 0.162. The highest BCUT2D eigenvalue weighted by Crippen LogP contribution is 2.41. The minimum atomic E-state index is 0.162. The van der Waals surface area contributed by atoms with Crippen LogP contribution in [0.2, 0.25) is 0 Å². The molecule has 0 bridgehead atoms. The Kier molecular flexibility index (Phi) is 3.89. The molecular weight excluding hydrogens is 336 g/mol. The van der Waals surface area contributed by atoms with E-state index in [1.165, 1.54) is 16.7 Å². The summed E-state index contributed by atoms with van der Waals surface area (Å²) in [4.78, 5) is 0. The average Bonchev–Trinajstić information content (AvgIpc) is 2.73. The minimum absolute atomic E-state index is 0.162. The summed E-state index contributed by atoms with van der Waals surface area (Å²) in [5.74, 6) is 1.10. The molecule has 20 heavy (non-hydrogen) atoms. The first-order valence-corrected chi connectivity index (χ1v) is 8.44. The van der Waals surface area contributed by atoms with Crippen molar-refractivity contribution in [2.45, 2.75) is 44.9 Å². The van der Waals surface area contributed by atoms with E-state index in [1.54, 1.807) is 0 Å². The number of halogens is 2. The summed E-state index contributed by atoms with van der Waals surface area (Å²) >= 11 is 10.0. The lowest BCUT2D eigenvalue weighted by Crippen LogP contribution is -2.22. The lowest BCUT2D eigenvalue weighted by Gasteiger charge is -2.32. The number of hydrogen-bond donors (Lipinski definition) is 0. The van der Waals surface area contributed by atoms with Crippen LogP contribution < -0.4 is 4.74 Å². The molecule has 1 nitrogen and oxygen atoms in total. The van der Waals surface area contributed by atoms with Crippen LogP contribution >= 0.6 is 27.5 Å². The van der Waals surface area contributed by atoms with Crippen molar-refractivity contribution < 1.29 is 4.74 Å². The number of ether oxygens (including phenoxy) is 1. The summed E-state index contributed by atoms with van der Waals surface area (Å²) in [7, 11) is 0. The molecule has 0 radical (unpaired) electrons. The Morgan fingerprint density at radius 1 is 1.40 bits per heavy atom. The summed E-state index contributed by atoms with van der Waals surface area (Å²) < 4.78 is 6.97. The van der Waals surface area contributed by atoms with Crippen molar-refractivity contribution in [2.24, 2.45) is 5.41 Å². The molecule has 0 spiro atoms. The highest BCUT2D eigenvalue weighted by atomic mass is 79.9. The van der Waals surface area contributed by atoms with E-state index in [0.717, 1.165) is 42.5 Å². The summed E-state index contributed by atoms with van der Waals surface area (Å²) in [6.45, 7) is 5.41. The van der Waals surface area contributed by atoms with Gasteiger partial charge in [0.1, 0.15) is 5.75 Å². The molecule has 0 amide bonds. The number of allylic oxidation sites excluding steroid dienone is 2.